The summed E-state index contributed by atoms with van der Waals surface area (Å²) in [5, 5.41) is 3.11. The Labute approximate surface area is 210 Å². The summed E-state index contributed by atoms with van der Waals surface area (Å²) in [6.45, 7) is 3.43. The maximum absolute atomic E-state index is 13.8. The minimum absolute atomic E-state index is 0.00213. The Kier molecular flexibility index (Phi) is 9.07. The van der Waals surface area contributed by atoms with Crippen LogP contribution < -0.4 is 5.32 Å². The van der Waals surface area contributed by atoms with Crippen LogP contribution in [0.1, 0.15) is 103 Å². The first-order chi connectivity index (χ1) is 17.0. The normalized spacial score (nSPS) is 27.5. The number of piperidine rings is 1. The molecule has 0 radical (unpaired) electrons. The average Bonchev–Trinajstić information content (AvgIpc) is 2.89. The van der Waals surface area contributed by atoms with E-state index in [2.05, 4.69) is 17.5 Å². The van der Waals surface area contributed by atoms with Crippen LogP contribution in [0.4, 0.5) is 0 Å². The van der Waals surface area contributed by atoms with E-state index in [9.17, 15) is 14.4 Å². The van der Waals surface area contributed by atoms with E-state index in [1.54, 1.807) is 0 Å². The molecule has 1 saturated heterocycles. The molecule has 35 heavy (non-hydrogen) atoms. The second-order valence-corrected chi connectivity index (χ2v) is 11.0. The Morgan fingerprint density at radius 1 is 1.09 bits per heavy atom. The highest BCUT2D eigenvalue weighted by Gasteiger charge is 2.54. The van der Waals surface area contributed by atoms with E-state index in [1.807, 2.05) is 11.8 Å². The molecule has 194 valence electrons. The number of nitrogens with zero attached hydrogens (tertiary/aromatic N) is 1. The van der Waals surface area contributed by atoms with E-state index in [1.165, 1.54) is 50.5 Å². The van der Waals surface area contributed by atoms with Crippen LogP contribution >= 0.6 is 0 Å². The zero-order chi connectivity index (χ0) is 24.7. The lowest BCUT2D eigenvalue weighted by molar-refractivity contribution is -0.162. The van der Waals surface area contributed by atoms with Crippen LogP contribution in [0.2, 0.25) is 0 Å². The molecule has 1 saturated carbocycles. The first-order valence-corrected chi connectivity index (χ1v) is 14.2. The standard InChI is InChI=1S/C29H44N2O4/c1-2-35-28(34)29-17-10-9-15-25(29)31(18-16-22-11-5-3-6-12-22)27(33)24(20-29)19-26(32)30-21-23-13-7-4-8-14-23/h11,15,23-24H,2-10,12-14,16-21H2,1H3,(H,30,32)/t24-,29+/m1/s1. The van der Waals surface area contributed by atoms with E-state index < -0.39 is 11.3 Å². The van der Waals surface area contributed by atoms with Crippen molar-refractivity contribution in [3.05, 3.63) is 23.4 Å². The lowest BCUT2D eigenvalue weighted by Gasteiger charge is -2.48. The minimum Gasteiger partial charge on any atom is -0.465 e. The fraction of sp³-hybridized carbons (Fsp3) is 0.759. The van der Waals surface area contributed by atoms with Gasteiger partial charge in [0.2, 0.25) is 11.8 Å². The zero-order valence-electron chi connectivity index (χ0n) is 21.6. The van der Waals surface area contributed by atoms with Crippen molar-refractivity contribution >= 4 is 17.8 Å². The molecule has 2 fully saturated rings. The highest BCUT2D eigenvalue weighted by atomic mass is 16.5. The second-order valence-electron chi connectivity index (χ2n) is 11.0. The Bertz CT molecular complexity index is 842. The van der Waals surface area contributed by atoms with Gasteiger partial charge in [-0.1, -0.05) is 37.0 Å². The maximum Gasteiger partial charge on any atom is 0.318 e. The highest BCUT2D eigenvalue weighted by molar-refractivity contribution is 5.92. The van der Waals surface area contributed by atoms with E-state index >= 15 is 0 Å². The van der Waals surface area contributed by atoms with E-state index in [4.69, 9.17) is 4.74 Å². The van der Waals surface area contributed by atoms with Crippen molar-refractivity contribution in [2.75, 3.05) is 19.7 Å². The quantitative estimate of drug-likeness (QED) is 0.350. The van der Waals surface area contributed by atoms with Crippen molar-refractivity contribution in [1.82, 2.24) is 10.2 Å². The number of likely N-dealkylation sites (tertiary alicyclic amines) is 1. The molecule has 4 rings (SSSR count). The molecule has 0 bridgehead atoms. The van der Waals surface area contributed by atoms with Gasteiger partial charge in [-0.15, -0.1) is 0 Å². The molecule has 6 nitrogen and oxygen atoms in total. The minimum atomic E-state index is -0.808. The Hall–Kier alpha value is -2.11. The predicted molar refractivity (Wildman–Crippen MR) is 136 cm³/mol. The van der Waals surface area contributed by atoms with Gasteiger partial charge < -0.3 is 15.0 Å². The van der Waals surface area contributed by atoms with Gasteiger partial charge in [0.25, 0.3) is 0 Å². The van der Waals surface area contributed by atoms with Crippen molar-refractivity contribution in [2.45, 2.75) is 103 Å². The van der Waals surface area contributed by atoms with Gasteiger partial charge in [0.05, 0.1) is 6.61 Å². The lowest BCUT2D eigenvalue weighted by atomic mass is 9.66. The monoisotopic (exact) mass is 484 g/mol. The zero-order valence-corrected chi connectivity index (χ0v) is 21.6. The highest BCUT2D eigenvalue weighted by Crippen LogP contribution is 2.50. The fourth-order valence-corrected chi connectivity index (χ4v) is 6.67. The van der Waals surface area contributed by atoms with Crippen LogP contribution in [0.5, 0.6) is 0 Å². The molecular weight excluding hydrogens is 440 g/mol. The summed E-state index contributed by atoms with van der Waals surface area (Å²) < 4.78 is 5.57. The van der Waals surface area contributed by atoms with Crippen LogP contribution in [-0.4, -0.2) is 42.4 Å². The van der Waals surface area contributed by atoms with Gasteiger partial charge in [-0.3, -0.25) is 14.4 Å². The summed E-state index contributed by atoms with van der Waals surface area (Å²) in [6.07, 6.45) is 19.0. The van der Waals surface area contributed by atoms with Crippen LogP contribution in [0.15, 0.2) is 23.4 Å². The number of fused-ring (bicyclic) bond motifs is 1. The van der Waals surface area contributed by atoms with Crippen molar-refractivity contribution in [2.24, 2.45) is 17.3 Å². The molecule has 2 atom stereocenters. The van der Waals surface area contributed by atoms with Crippen molar-refractivity contribution in [1.29, 1.82) is 0 Å². The summed E-state index contributed by atoms with van der Waals surface area (Å²) >= 11 is 0. The third-order valence-corrected chi connectivity index (χ3v) is 8.59. The van der Waals surface area contributed by atoms with Crippen molar-refractivity contribution < 1.29 is 19.1 Å². The Balaban J connectivity index is 1.50. The third kappa shape index (κ3) is 6.18. The number of allylic oxidation sites excluding steroid dienone is 2. The fourth-order valence-electron chi connectivity index (χ4n) is 6.67. The number of nitrogens with one attached hydrogen (secondary N) is 1. The molecular formula is C29H44N2O4. The molecule has 0 spiro atoms. The van der Waals surface area contributed by atoms with Crippen LogP contribution in [0.25, 0.3) is 0 Å². The SMILES string of the molecule is CCOC(=O)[C@]12CCCC=C1N(CCC1=CCCCC1)C(=O)[C@H](CC(=O)NCC1CCCCC1)C2. The van der Waals surface area contributed by atoms with Gasteiger partial charge >= 0.3 is 5.97 Å². The van der Waals surface area contributed by atoms with Gasteiger partial charge in [0, 0.05) is 31.1 Å². The molecule has 0 aromatic rings. The number of carbonyl (C=O) groups is 3. The summed E-state index contributed by atoms with van der Waals surface area (Å²) in [6, 6.07) is 0. The molecule has 1 heterocycles. The molecule has 1 aliphatic heterocycles. The molecule has 3 aliphatic carbocycles. The van der Waals surface area contributed by atoms with Gasteiger partial charge in [-0.2, -0.15) is 0 Å². The Morgan fingerprint density at radius 3 is 2.63 bits per heavy atom. The number of hydrogen-bond donors (Lipinski definition) is 1. The van der Waals surface area contributed by atoms with Crippen molar-refractivity contribution in [3.63, 3.8) is 0 Å². The van der Waals surface area contributed by atoms with Crippen LogP contribution in [0.3, 0.4) is 0 Å². The van der Waals surface area contributed by atoms with Gasteiger partial charge in [0.15, 0.2) is 0 Å². The van der Waals surface area contributed by atoms with Crippen LogP contribution in [0, 0.1) is 17.3 Å². The van der Waals surface area contributed by atoms with Gasteiger partial charge in [-0.25, -0.2) is 0 Å². The topological polar surface area (TPSA) is 75.7 Å². The number of hydrogen-bond acceptors (Lipinski definition) is 4. The Morgan fingerprint density at radius 2 is 1.89 bits per heavy atom. The summed E-state index contributed by atoms with van der Waals surface area (Å²) in [4.78, 5) is 41.9. The summed E-state index contributed by atoms with van der Waals surface area (Å²) in [5.41, 5.74) is 1.44. The first-order valence-electron chi connectivity index (χ1n) is 14.2. The van der Waals surface area contributed by atoms with Crippen LogP contribution in [-0.2, 0) is 19.1 Å². The van der Waals surface area contributed by atoms with Gasteiger partial charge in [0.1, 0.15) is 5.41 Å². The smallest absolute Gasteiger partial charge is 0.318 e. The summed E-state index contributed by atoms with van der Waals surface area (Å²) in [7, 11) is 0. The lowest BCUT2D eigenvalue weighted by Crippen LogP contribution is -2.54. The number of esters is 1. The van der Waals surface area contributed by atoms with Gasteiger partial charge in [-0.05, 0) is 83.5 Å². The van der Waals surface area contributed by atoms with E-state index in [0.29, 0.717) is 38.5 Å². The molecule has 2 amide bonds. The molecule has 6 heteroatoms. The number of amides is 2. The van der Waals surface area contributed by atoms with Crippen molar-refractivity contribution in [3.8, 4) is 0 Å². The largest absolute Gasteiger partial charge is 0.465 e. The number of carbonyl (C=O) groups excluding carboxylic acids is 3. The number of rotatable bonds is 9. The average molecular weight is 485 g/mol. The third-order valence-electron chi connectivity index (χ3n) is 8.59. The molecule has 0 aromatic heterocycles. The second kappa shape index (κ2) is 12.2. The summed E-state index contributed by atoms with van der Waals surface area (Å²) in [5.74, 6) is -0.225. The maximum atomic E-state index is 13.8. The number of ether oxygens (including phenoxy) is 1. The van der Waals surface area contributed by atoms with E-state index in [0.717, 1.165) is 37.8 Å². The predicted octanol–water partition coefficient (Wildman–Crippen LogP) is 5.43. The molecule has 1 N–H and O–H groups in total. The first kappa shape index (κ1) is 26.0. The molecule has 4 aliphatic rings. The van der Waals surface area contributed by atoms with E-state index in [-0.39, 0.29) is 24.2 Å². The molecule has 0 unspecified atom stereocenters. The molecule has 0 aromatic carbocycles.